The highest BCUT2D eigenvalue weighted by atomic mass is 35.5. The van der Waals surface area contributed by atoms with Gasteiger partial charge in [0.15, 0.2) is 0 Å². The lowest BCUT2D eigenvalue weighted by atomic mass is 9.99. The summed E-state index contributed by atoms with van der Waals surface area (Å²) >= 11 is 0. The third-order valence-electron chi connectivity index (χ3n) is 3.86. The Balaban J connectivity index is 0.00000288. The summed E-state index contributed by atoms with van der Waals surface area (Å²) in [6.07, 6.45) is 0. The van der Waals surface area contributed by atoms with E-state index in [2.05, 4.69) is 18.6 Å². The third kappa shape index (κ3) is 5.31. The number of aryl methyl sites for hydroxylation is 1. The van der Waals surface area contributed by atoms with Crippen molar-refractivity contribution in [2.75, 3.05) is 6.54 Å². The van der Waals surface area contributed by atoms with Crippen LogP contribution in [0, 0.1) is 6.92 Å². The van der Waals surface area contributed by atoms with Gasteiger partial charge < -0.3 is 5.73 Å². The lowest BCUT2D eigenvalue weighted by Gasteiger charge is -2.15. The van der Waals surface area contributed by atoms with E-state index in [1.807, 2.05) is 31.2 Å². The van der Waals surface area contributed by atoms with Gasteiger partial charge in [-0.3, -0.25) is 0 Å². The molecule has 24 heavy (non-hydrogen) atoms. The highest BCUT2D eigenvalue weighted by molar-refractivity contribution is 7.89. The highest BCUT2D eigenvalue weighted by Crippen LogP contribution is 2.18. The molecule has 0 amide bonds. The van der Waals surface area contributed by atoms with E-state index in [1.54, 1.807) is 24.3 Å². The molecule has 0 aliphatic carbocycles. The molecule has 0 saturated carbocycles. The van der Waals surface area contributed by atoms with Crippen molar-refractivity contribution < 1.29 is 8.42 Å². The van der Waals surface area contributed by atoms with E-state index in [4.69, 9.17) is 5.73 Å². The topological polar surface area (TPSA) is 72.2 Å². The fraction of sp³-hybridized carbons (Fsp3) is 0.333. The van der Waals surface area contributed by atoms with Crippen molar-refractivity contribution in [1.29, 1.82) is 0 Å². The van der Waals surface area contributed by atoms with Crippen LogP contribution in [0.1, 0.15) is 42.5 Å². The molecular formula is C18H25ClN2O2S. The number of rotatable bonds is 6. The summed E-state index contributed by atoms with van der Waals surface area (Å²) in [5.41, 5.74) is 9.28. The number of nitrogens with two attached hydrogens (primary N) is 1. The smallest absolute Gasteiger partial charge is 0.240 e. The molecule has 0 spiro atoms. The number of nitrogens with one attached hydrogen (secondary N) is 1. The minimum Gasteiger partial charge on any atom is -0.323 e. The molecule has 0 bridgehead atoms. The Hall–Kier alpha value is -1.40. The predicted octanol–water partition coefficient (Wildman–Crippen LogP) is 3.52. The van der Waals surface area contributed by atoms with Gasteiger partial charge in [0.05, 0.1) is 4.90 Å². The van der Waals surface area contributed by atoms with Gasteiger partial charge in [0.25, 0.3) is 0 Å². The molecule has 6 heteroatoms. The fourth-order valence-corrected chi connectivity index (χ4v) is 3.31. The van der Waals surface area contributed by atoms with Gasteiger partial charge in [-0.2, -0.15) is 0 Å². The van der Waals surface area contributed by atoms with Crippen molar-refractivity contribution in [2.45, 2.75) is 37.6 Å². The van der Waals surface area contributed by atoms with Crippen molar-refractivity contribution in [3.63, 3.8) is 0 Å². The van der Waals surface area contributed by atoms with Crippen LogP contribution in [0.25, 0.3) is 0 Å². The van der Waals surface area contributed by atoms with E-state index >= 15 is 0 Å². The minimum absolute atomic E-state index is 0. The Morgan fingerprint density at radius 2 is 1.46 bits per heavy atom. The van der Waals surface area contributed by atoms with Crippen LogP contribution in [0.2, 0.25) is 0 Å². The minimum atomic E-state index is -3.53. The Morgan fingerprint density at radius 3 is 1.96 bits per heavy atom. The number of hydrogen-bond acceptors (Lipinski definition) is 3. The maximum Gasteiger partial charge on any atom is 0.240 e. The van der Waals surface area contributed by atoms with E-state index in [1.165, 1.54) is 5.56 Å². The second-order valence-electron chi connectivity index (χ2n) is 6.09. The summed E-state index contributed by atoms with van der Waals surface area (Å²) in [6, 6.07) is 14.4. The van der Waals surface area contributed by atoms with Gasteiger partial charge in [0.1, 0.15) is 0 Å². The van der Waals surface area contributed by atoms with E-state index < -0.39 is 10.0 Å². The van der Waals surface area contributed by atoms with Crippen molar-refractivity contribution in [1.82, 2.24) is 4.72 Å². The maximum atomic E-state index is 12.3. The second-order valence-corrected chi connectivity index (χ2v) is 7.86. The average molecular weight is 369 g/mol. The molecule has 2 rings (SSSR count). The van der Waals surface area contributed by atoms with E-state index in [0.29, 0.717) is 5.92 Å². The number of sulfonamides is 1. The zero-order valence-electron chi connectivity index (χ0n) is 14.2. The number of halogens is 1. The summed E-state index contributed by atoms with van der Waals surface area (Å²) in [5, 5.41) is 0. The molecule has 2 aromatic carbocycles. The summed E-state index contributed by atoms with van der Waals surface area (Å²) in [4.78, 5) is 0.255. The first-order chi connectivity index (χ1) is 10.8. The van der Waals surface area contributed by atoms with E-state index in [9.17, 15) is 8.42 Å². The fourth-order valence-electron chi connectivity index (χ4n) is 2.25. The van der Waals surface area contributed by atoms with Crippen LogP contribution < -0.4 is 10.5 Å². The largest absolute Gasteiger partial charge is 0.323 e. The van der Waals surface area contributed by atoms with Crippen LogP contribution in [0.5, 0.6) is 0 Å². The predicted molar refractivity (Wildman–Crippen MR) is 101 cm³/mol. The quantitative estimate of drug-likeness (QED) is 0.819. The maximum absolute atomic E-state index is 12.3. The SMILES string of the molecule is Cc1ccc(S(=O)(=O)NCC(N)c2ccc(C(C)C)cc2)cc1.Cl. The molecule has 1 unspecified atom stereocenters. The highest BCUT2D eigenvalue weighted by Gasteiger charge is 2.16. The molecule has 1 atom stereocenters. The van der Waals surface area contributed by atoms with Gasteiger partial charge >= 0.3 is 0 Å². The van der Waals surface area contributed by atoms with Gasteiger partial charge in [0.2, 0.25) is 10.0 Å². The van der Waals surface area contributed by atoms with Gasteiger partial charge in [-0.15, -0.1) is 12.4 Å². The van der Waals surface area contributed by atoms with Crippen LogP contribution >= 0.6 is 12.4 Å². The zero-order valence-corrected chi connectivity index (χ0v) is 15.8. The molecule has 132 valence electrons. The Morgan fingerprint density at radius 1 is 0.958 bits per heavy atom. The molecule has 0 heterocycles. The van der Waals surface area contributed by atoms with Crippen molar-refractivity contribution in [3.8, 4) is 0 Å². The molecule has 0 aromatic heterocycles. The van der Waals surface area contributed by atoms with Crippen molar-refractivity contribution >= 4 is 22.4 Å². The summed E-state index contributed by atoms with van der Waals surface area (Å²) in [6.45, 7) is 6.34. The summed E-state index contributed by atoms with van der Waals surface area (Å²) < 4.78 is 27.1. The molecule has 3 N–H and O–H groups in total. The lowest BCUT2D eigenvalue weighted by molar-refractivity contribution is 0.572. The van der Waals surface area contributed by atoms with Crippen LogP contribution in [0.15, 0.2) is 53.4 Å². The van der Waals surface area contributed by atoms with Crippen LogP contribution in [-0.2, 0) is 10.0 Å². The summed E-state index contributed by atoms with van der Waals surface area (Å²) in [7, 11) is -3.53. The molecule has 0 aliphatic rings. The van der Waals surface area contributed by atoms with Crippen molar-refractivity contribution in [2.24, 2.45) is 5.73 Å². The zero-order chi connectivity index (χ0) is 17.0. The molecule has 0 fully saturated rings. The van der Waals surface area contributed by atoms with E-state index in [-0.39, 0.29) is 29.9 Å². The first kappa shape index (κ1) is 20.6. The van der Waals surface area contributed by atoms with Crippen LogP contribution in [0.3, 0.4) is 0 Å². The molecule has 2 aromatic rings. The second kappa shape index (κ2) is 8.62. The molecule has 0 saturated heterocycles. The number of hydrogen-bond donors (Lipinski definition) is 2. The third-order valence-corrected chi connectivity index (χ3v) is 5.30. The Kier molecular flexibility index (Phi) is 7.42. The number of benzene rings is 2. The molecule has 0 aliphatic heterocycles. The Labute approximate surface area is 150 Å². The average Bonchev–Trinajstić information content (AvgIpc) is 2.53. The Bertz CT molecular complexity index is 742. The normalized spacial score (nSPS) is 12.7. The van der Waals surface area contributed by atoms with Crippen LogP contribution in [-0.4, -0.2) is 15.0 Å². The molecule has 4 nitrogen and oxygen atoms in total. The molecule has 0 radical (unpaired) electrons. The molecular weight excluding hydrogens is 344 g/mol. The first-order valence-corrected chi connectivity index (χ1v) is 9.19. The van der Waals surface area contributed by atoms with E-state index in [0.717, 1.165) is 11.1 Å². The first-order valence-electron chi connectivity index (χ1n) is 7.71. The van der Waals surface area contributed by atoms with Gasteiger partial charge in [0, 0.05) is 12.6 Å². The monoisotopic (exact) mass is 368 g/mol. The van der Waals surface area contributed by atoms with Crippen LogP contribution in [0.4, 0.5) is 0 Å². The van der Waals surface area contributed by atoms with Crippen molar-refractivity contribution in [3.05, 3.63) is 65.2 Å². The van der Waals surface area contributed by atoms with Gasteiger partial charge in [-0.1, -0.05) is 55.8 Å². The van der Waals surface area contributed by atoms with Gasteiger partial charge in [-0.05, 0) is 36.1 Å². The van der Waals surface area contributed by atoms with Gasteiger partial charge in [-0.25, -0.2) is 13.1 Å². The lowest BCUT2D eigenvalue weighted by Crippen LogP contribution is -2.32. The summed E-state index contributed by atoms with van der Waals surface area (Å²) in [5.74, 6) is 0.459. The standard InChI is InChI=1S/C18H24N2O2S.ClH/c1-13(2)15-6-8-16(9-7-15)18(19)12-20-23(21,22)17-10-4-14(3)5-11-17;/h4-11,13,18,20H,12,19H2,1-3H3;1H.